The fraction of sp³-hybridized carbons (Fsp3) is 0.308. The number of hydrogen-bond donors (Lipinski definition) is 1. The number of hydrogen-bond acceptors (Lipinski definition) is 3. The van der Waals surface area contributed by atoms with Gasteiger partial charge in [0.15, 0.2) is 0 Å². The van der Waals surface area contributed by atoms with Gasteiger partial charge in [0.2, 0.25) is 0 Å². The summed E-state index contributed by atoms with van der Waals surface area (Å²) < 4.78 is 11.6. The number of rotatable bonds is 11. The molecule has 0 unspecified atom stereocenters. The van der Waals surface area contributed by atoms with Gasteiger partial charge in [-0.2, -0.15) is 0 Å². The number of aryl methyl sites for hydroxylation is 1. The van der Waals surface area contributed by atoms with Crippen LogP contribution in [0.2, 0.25) is 0 Å². The molecule has 0 spiro atoms. The Bertz CT molecular complexity index is 827. The van der Waals surface area contributed by atoms with E-state index in [0.29, 0.717) is 5.92 Å². The molecule has 0 fully saturated rings. The maximum Gasteiger partial charge on any atom is 0.119 e. The standard InChI is InChI=1S/C26H31NO2/c1-21(2)20-29-26-14-10-23(11-15-26)19-27-24-12-16-25(17-13-24)28-18-6-9-22-7-4-3-5-8-22/h3-5,7-8,10-17,21,27H,6,9,18-20H2,1-2H3. The van der Waals surface area contributed by atoms with E-state index in [2.05, 4.69) is 67.7 Å². The average molecular weight is 390 g/mol. The van der Waals surface area contributed by atoms with E-state index in [1.807, 2.05) is 30.3 Å². The normalized spacial score (nSPS) is 10.7. The molecule has 0 aliphatic heterocycles. The van der Waals surface area contributed by atoms with E-state index in [4.69, 9.17) is 9.47 Å². The van der Waals surface area contributed by atoms with Crippen molar-refractivity contribution < 1.29 is 9.47 Å². The van der Waals surface area contributed by atoms with Crippen molar-refractivity contribution in [1.29, 1.82) is 0 Å². The number of nitrogens with one attached hydrogen (secondary N) is 1. The number of benzene rings is 3. The topological polar surface area (TPSA) is 30.5 Å². The lowest BCUT2D eigenvalue weighted by Crippen LogP contribution is -2.04. The van der Waals surface area contributed by atoms with Crippen LogP contribution in [0.3, 0.4) is 0 Å². The van der Waals surface area contributed by atoms with Crippen LogP contribution in [-0.2, 0) is 13.0 Å². The first-order valence-electron chi connectivity index (χ1n) is 10.4. The highest BCUT2D eigenvalue weighted by molar-refractivity contribution is 5.47. The monoisotopic (exact) mass is 389 g/mol. The molecule has 3 nitrogen and oxygen atoms in total. The third-order valence-corrected chi connectivity index (χ3v) is 4.58. The molecule has 1 N–H and O–H groups in total. The highest BCUT2D eigenvalue weighted by Gasteiger charge is 2.00. The Hall–Kier alpha value is -2.94. The zero-order valence-corrected chi connectivity index (χ0v) is 17.4. The van der Waals surface area contributed by atoms with Gasteiger partial charge in [-0.1, -0.05) is 56.3 Å². The third kappa shape index (κ3) is 7.53. The molecule has 0 atom stereocenters. The first-order chi connectivity index (χ1) is 14.2. The van der Waals surface area contributed by atoms with Crippen molar-refractivity contribution >= 4 is 5.69 Å². The summed E-state index contributed by atoms with van der Waals surface area (Å²) in [4.78, 5) is 0. The van der Waals surface area contributed by atoms with Gasteiger partial charge in [-0.05, 0) is 66.3 Å². The average Bonchev–Trinajstić information content (AvgIpc) is 2.76. The zero-order valence-electron chi connectivity index (χ0n) is 17.4. The third-order valence-electron chi connectivity index (χ3n) is 4.58. The second kappa shape index (κ2) is 11.2. The van der Waals surface area contributed by atoms with Crippen molar-refractivity contribution in [3.63, 3.8) is 0 Å². The molecule has 0 aliphatic rings. The highest BCUT2D eigenvalue weighted by Crippen LogP contribution is 2.18. The molecule has 3 aromatic rings. The van der Waals surface area contributed by atoms with Crippen LogP contribution < -0.4 is 14.8 Å². The van der Waals surface area contributed by atoms with E-state index in [9.17, 15) is 0 Å². The van der Waals surface area contributed by atoms with Crippen LogP contribution in [0.25, 0.3) is 0 Å². The minimum atomic E-state index is 0.534. The van der Waals surface area contributed by atoms with Crippen LogP contribution in [0, 0.1) is 5.92 Å². The van der Waals surface area contributed by atoms with Crippen LogP contribution in [0.4, 0.5) is 5.69 Å². The Morgan fingerprint density at radius 2 is 1.38 bits per heavy atom. The Labute approximate surface area is 174 Å². The molecule has 0 amide bonds. The quantitative estimate of drug-likeness (QED) is 0.388. The minimum Gasteiger partial charge on any atom is -0.494 e. The summed E-state index contributed by atoms with van der Waals surface area (Å²) in [6.07, 6.45) is 2.06. The van der Waals surface area contributed by atoms with Gasteiger partial charge in [0.05, 0.1) is 13.2 Å². The van der Waals surface area contributed by atoms with Crippen LogP contribution in [-0.4, -0.2) is 13.2 Å². The maximum atomic E-state index is 5.86. The molecule has 3 heteroatoms. The zero-order chi connectivity index (χ0) is 20.3. The van der Waals surface area contributed by atoms with Gasteiger partial charge in [-0.15, -0.1) is 0 Å². The smallest absolute Gasteiger partial charge is 0.119 e. The summed E-state index contributed by atoms with van der Waals surface area (Å²) >= 11 is 0. The SMILES string of the molecule is CC(C)COc1ccc(CNc2ccc(OCCCc3ccccc3)cc2)cc1. The summed E-state index contributed by atoms with van der Waals surface area (Å²) in [5, 5.41) is 3.45. The molecule has 0 radical (unpaired) electrons. The molecule has 0 aliphatic carbocycles. The van der Waals surface area contributed by atoms with E-state index in [-0.39, 0.29) is 0 Å². The lowest BCUT2D eigenvalue weighted by molar-refractivity contribution is 0.271. The van der Waals surface area contributed by atoms with Crippen molar-refractivity contribution in [2.45, 2.75) is 33.2 Å². The predicted octanol–water partition coefficient (Wildman–Crippen LogP) is 6.35. The van der Waals surface area contributed by atoms with Gasteiger partial charge in [-0.3, -0.25) is 0 Å². The number of anilines is 1. The Morgan fingerprint density at radius 3 is 2.07 bits per heavy atom. The molecule has 0 saturated heterocycles. The van der Waals surface area contributed by atoms with Gasteiger partial charge in [0.1, 0.15) is 11.5 Å². The molecule has 0 heterocycles. The molecule has 3 rings (SSSR count). The van der Waals surface area contributed by atoms with Gasteiger partial charge < -0.3 is 14.8 Å². The Kier molecular flexibility index (Phi) is 8.00. The molecule has 0 saturated carbocycles. The highest BCUT2D eigenvalue weighted by atomic mass is 16.5. The van der Waals surface area contributed by atoms with Crippen molar-refractivity contribution in [1.82, 2.24) is 0 Å². The van der Waals surface area contributed by atoms with E-state index < -0.39 is 0 Å². The van der Waals surface area contributed by atoms with Gasteiger partial charge in [-0.25, -0.2) is 0 Å². The van der Waals surface area contributed by atoms with Crippen LogP contribution in [0.1, 0.15) is 31.4 Å². The van der Waals surface area contributed by atoms with E-state index >= 15 is 0 Å². The van der Waals surface area contributed by atoms with Crippen molar-refractivity contribution in [3.05, 3.63) is 90.0 Å². The van der Waals surface area contributed by atoms with Crippen LogP contribution in [0.5, 0.6) is 11.5 Å². The largest absolute Gasteiger partial charge is 0.494 e. The van der Waals surface area contributed by atoms with Crippen LogP contribution >= 0.6 is 0 Å². The van der Waals surface area contributed by atoms with Gasteiger partial charge >= 0.3 is 0 Å². The van der Waals surface area contributed by atoms with Crippen molar-refractivity contribution in [3.8, 4) is 11.5 Å². The molecule has 152 valence electrons. The van der Waals surface area contributed by atoms with Gasteiger partial charge in [0.25, 0.3) is 0 Å². The first-order valence-corrected chi connectivity index (χ1v) is 10.4. The Balaban J connectivity index is 1.37. The maximum absolute atomic E-state index is 5.86. The predicted molar refractivity (Wildman–Crippen MR) is 121 cm³/mol. The summed E-state index contributed by atoms with van der Waals surface area (Å²) in [5.41, 5.74) is 3.67. The van der Waals surface area contributed by atoms with E-state index in [0.717, 1.165) is 49.8 Å². The second-order valence-corrected chi connectivity index (χ2v) is 7.66. The summed E-state index contributed by atoms with van der Waals surface area (Å²) in [6, 6.07) is 27.0. The van der Waals surface area contributed by atoms with Crippen LogP contribution in [0.15, 0.2) is 78.9 Å². The van der Waals surface area contributed by atoms with E-state index in [1.54, 1.807) is 0 Å². The summed E-state index contributed by atoms with van der Waals surface area (Å²) in [6.45, 7) is 6.56. The van der Waals surface area contributed by atoms with Gasteiger partial charge in [0, 0.05) is 12.2 Å². The van der Waals surface area contributed by atoms with E-state index in [1.165, 1.54) is 11.1 Å². The number of ether oxygens (including phenoxy) is 2. The molecular formula is C26H31NO2. The fourth-order valence-corrected chi connectivity index (χ4v) is 2.95. The lowest BCUT2D eigenvalue weighted by atomic mass is 10.1. The molecule has 0 aromatic heterocycles. The molecule has 3 aromatic carbocycles. The molecule has 29 heavy (non-hydrogen) atoms. The minimum absolute atomic E-state index is 0.534. The summed E-state index contributed by atoms with van der Waals surface area (Å²) in [5.74, 6) is 2.37. The lowest BCUT2D eigenvalue weighted by Gasteiger charge is -2.11. The second-order valence-electron chi connectivity index (χ2n) is 7.66. The molecular weight excluding hydrogens is 358 g/mol. The fourth-order valence-electron chi connectivity index (χ4n) is 2.95. The summed E-state index contributed by atoms with van der Waals surface area (Å²) in [7, 11) is 0. The Morgan fingerprint density at radius 1 is 0.724 bits per heavy atom. The van der Waals surface area contributed by atoms with Crippen molar-refractivity contribution in [2.24, 2.45) is 5.92 Å². The molecule has 0 bridgehead atoms. The van der Waals surface area contributed by atoms with Crippen molar-refractivity contribution in [2.75, 3.05) is 18.5 Å². The first kappa shape index (κ1) is 20.8.